The van der Waals surface area contributed by atoms with Crippen molar-refractivity contribution in [3.05, 3.63) is 103 Å². The lowest BCUT2D eigenvalue weighted by Gasteiger charge is -2.25. The molecule has 0 spiro atoms. The zero-order chi connectivity index (χ0) is 29.6. The van der Waals surface area contributed by atoms with Crippen LogP contribution in [0.3, 0.4) is 0 Å². The predicted molar refractivity (Wildman–Crippen MR) is 156 cm³/mol. The van der Waals surface area contributed by atoms with Crippen molar-refractivity contribution >= 4 is 29.6 Å². The van der Waals surface area contributed by atoms with E-state index >= 15 is 0 Å². The van der Waals surface area contributed by atoms with Crippen LogP contribution in [0.1, 0.15) is 24.0 Å². The Morgan fingerprint density at radius 3 is 1.73 bits per heavy atom. The van der Waals surface area contributed by atoms with Crippen LogP contribution in [0.5, 0.6) is 0 Å². The summed E-state index contributed by atoms with van der Waals surface area (Å²) in [6.45, 7) is 0.229. The van der Waals surface area contributed by atoms with Gasteiger partial charge in [0.2, 0.25) is 23.6 Å². The summed E-state index contributed by atoms with van der Waals surface area (Å²) < 4.78 is 0. The van der Waals surface area contributed by atoms with E-state index in [1.54, 1.807) is 25.7 Å². The van der Waals surface area contributed by atoms with Crippen molar-refractivity contribution in [1.82, 2.24) is 16.0 Å². The minimum absolute atomic E-state index is 0.0927. The van der Waals surface area contributed by atoms with E-state index in [2.05, 4.69) is 20.9 Å². The Labute approximate surface area is 240 Å². The quantitative estimate of drug-likeness (QED) is 0.100. The van der Waals surface area contributed by atoms with Gasteiger partial charge in [-0.25, -0.2) is 0 Å². The van der Waals surface area contributed by atoms with E-state index in [1.807, 2.05) is 60.7 Å². The maximum atomic E-state index is 13.6. The van der Waals surface area contributed by atoms with Crippen LogP contribution in [-0.2, 0) is 32.0 Å². The van der Waals surface area contributed by atoms with Crippen LogP contribution in [-0.4, -0.2) is 54.3 Å². The number of primary amides is 1. The molecule has 11 heteroatoms. The summed E-state index contributed by atoms with van der Waals surface area (Å²) in [5.74, 6) is -1.97. The number of aliphatic imine (C=N–C) groups is 1. The molecule has 0 saturated heterocycles. The Hall–Kier alpha value is -4.41. The van der Waals surface area contributed by atoms with Gasteiger partial charge in [0.1, 0.15) is 18.1 Å². The molecule has 0 unspecified atom stereocenters. The monoisotopic (exact) mass is 558 g/mol. The van der Waals surface area contributed by atoms with Crippen LogP contribution in [0.4, 0.5) is 0 Å². The average Bonchev–Trinajstić information content (AvgIpc) is 3.50. The van der Waals surface area contributed by atoms with Crippen molar-refractivity contribution in [1.29, 1.82) is 0 Å². The maximum Gasteiger partial charge on any atom is 0.243 e. The van der Waals surface area contributed by atoms with E-state index in [0.29, 0.717) is 12.3 Å². The van der Waals surface area contributed by atoms with Gasteiger partial charge in [-0.3, -0.25) is 24.2 Å². The largest absolute Gasteiger partial charge is 0.370 e. The molecule has 0 aliphatic heterocycles. The first kappa shape index (κ1) is 31.1. The third kappa shape index (κ3) is 10.6. The van der Waals surface area contributed by atoms with Crippen molar-refractivity contribution in [3.8, 4) is 0 Å². The molecule has 1 saturated carbocycles. The van der Waals surface area contributed by atoms with Crippen LogP contribution >= 0.6 is 0 Å². The summed E-state index contributed by atoms with van der Waals surface area (Å²) in [5.41, 5.74) is 18.0. The van der Waals surface area contributed by atoms with Crippen molar-refractivity contribution in [3.63, 3.8) is 0 Å². The number of amides is 4. The van der Waals surface area contributed by atoms with Crippen LogP contribution in [0.15, 0.2) is 65.7 Å². The van der Waals surface area contributed by atoms with E-state index in [-0.39, 0.29) is 31.8 Å². The predicted octanol–water partition coefficient (Wildman–Crippen LogP) is -0.130. The van der Waals surface area contributed by atoms with Gasteiger partial charge in [0.25, 0.3) is 0 Å². The fraction of sp³-hybridized carbons (Fsp3) is 0.267. The number of guanidine groups is 1. The molecule has 1 fully saturated rings. The molecular weight excluding hydrogens is 522 g/mol. The number of nitrogens with zero attached hydrogens (tertiary/aromatic N) is 1. The van der Waals surface area contributed by atoms with Gasteiger partial charge in [0.15, 0.2) is 5.96 Å². The van der Waals surface area contributed by atoms with E-state index in [1.165, 1.54) is 0 Å². The van der Waals surface area contributed by atoms with Crippen molar-refractivity contribution in [2.24, 2.45) is 22.2 Å². The van der Waals surface area contributed by atoms with Crippen molar-refractivity contribution < 1.29 is 19.2 Å². The highest BCUT2D eigenvalue weighted by atomic mass is 16.2. The number of nitrogens with two attached hydrogens (primary N) is 3. The fourth-order valence-electron chi connectivity index (χ4n) is 4.22. The molecule has 215 valence electrons. The van der Waals surface area contributed by atoms with Gasteiger partial charge in [-0.15, -0.1) is 0 Å². The summed E-state index contributed by atoms with van der Waals surface area (Å²) in [7, 11) is 0. The molecular formula is C30H36N7O4. The normalized spacial score (nSPS) is 15.2. The number of nitrogens with one attached hydrogen (secondary N) is 3. The topological polar surface area (TPSA) is 195 Å². The summed E-state index contributed by atoms with van der Waals surface area (Å²) in [5, 5.41) is 8.20. The van der Waals surface area contributed by atoms with Gasteiger partial charge >= 0.3 is 0 Å². The van der Waals surface area contributed by atoms with E-state index < -0.39 is 41.8 Å². The Bertz CT molecular complexity index is 1180. The van der Waals surface area contributed by atoms with E-state index in [4.69, 9.17) is 17.2 Å². The molecule has 2 aromatic carbocycles. The summed E-state index contributed by atoms with van der Waals surface area (Å²) in [4.78, 5) is 55.9. The average molecular weight is 559 g/mol. The number of hydrogen-bond acceptors (Lipinski definition) is 5. The second kappa shape index (κ2) is 16.0. The Balaban J connectivity index is 1.76. The van der Waals surface area contributed by atoms with Crippen LogP contribution in [0.25, 0.3) is 0 Å². The van der Waals surface area contributed by atoms with Gasteiger partial charge in [-0.2, -0.15) is 0 Å². The molecule has 0 aromatic heterocycles. The molecule has 5 radical (unpaired) electrons. The molecule has 1 aliphatic carbocycles. The highest BCUT2D eigenvalue weighted by molar-refractivity contribution is 5.99. The third-order valence-electron chi connectivity index (χ3n) is 6.35. The van der Waals surface area contributed by atoms with Gasteiger partial charge in [-0.05, 0) is 49.7 Å². The molecule has 0 bridgehead atoms. The van der Waals surface area contributed by atoms with Gasteiger partial charge in [-0.1, -0.05) is 60.7 Å². The second-order valence-electron chi connectivity index (χ2n) is 9.55. The van der Waals surface area contributed by atoms with Crippen LogP contribution < -0.4 is 33.2 Å². The Kier molecular flexibility index (Phi) is 12.1. The highest BCUT2D eigenvalue weighted by Gasteiger charge is 2.32. The molecule has 0 heterocycles. The SMILES string of the molecule is NC(=O)[C@H](Cc1ccccc1)NC(=O)[C@H](CCCN=C(N)N)NC(=O)[C@H](Cc1ccccc1)NC(=O)[C]1[CH][CH][CH][CH]1. The van der Waals surface area contributed by atoms with Crippen molar-refractivity contribution in [2.75, 3.05) is 6.54 Å². The molecule has 4 amide bonds. The number of benzene rings is 2. The minimum atomic E-state index is -1.05. The Morgan fingerprint density at radius 2 is 1.20 bits per heavy atom. The van der Waals surface area contributed by atoms with Gasteiger partial charge in [0.05, 0.1) is 5.92 Å². The lowest BCUT2D eigenvalue weighted by atomic mass is 10.0. The first-order valence-electron chi connectivity index (χ1n) is 13.3. The van der Waals surface area contributed by atoms with Crippen LogP contribution in [0, 0.1) is 31.6 Å². The number of rotatable bonds is 15. The molecule has 3 atom stereocenters. The highest BCUT2D eigenvalue weighted by Crippen LogP contribution is 2.23. The van der Waals surface area contributed by atoms with Gasteiger partial charge in [0, 0.05) is 19.4 Å². The summed E-state index contributed by atoms with van der Waals surface area (Å²) in [6, 6.07) is 15.3. The van der Waals surface area contributed by atoms with E-state index in [9.17, 15) is 19.2 Å². The molecule has 2 aromatic rings. The van der Waals surface area contributed by atoms with Crippen molar-refractivity contribution in [2.45, 2.75) is 43.8 Å². The zero-order valence-corrected chi connectivity index (χ0v) is 22.7. The summed E-state index contributed by atoms with van der Waals surface area (Å²) in [6.07, 6.45) is 7.64. The molecule has 41 heavy (non-hydrogen) atoms. The summed E-state index contributed by atoms with van der Waals surface area (Å²) >= 11 is 0. The smallest absolute Gasteiger partial charge is 0.243 e. The minimum Gasteiger partial charge on any atom is -0.370 e. The number of carbonyl (C=O) groups is 4. The zero-order valence-electron chi connectivity index (χ0n) is 22.7. The maximum absolute atomic E-state index is 13.6. The first-order valence-corrected chi connectivity index (χ1v) is 13.3. The molecule has 3 rings (SSSR count). The number of hydrogen-bond donors (Lipinski definition) is 6. The second-order valence-corrected chi connectivity index (χ2v) is 9.55. The first-order chi connectivity index (χ1) is 19.7. The molecule has 1 aliphatic rings. The van der Waals surface area contributed by atoms with Crippen LogP contribution in [0.2, 0.25) is 0 Å². The third-order valence-corrected chi connectivity index (χ3v) is 6.35. The molecule has 11 nitrogen and oxygen atoms in total. The fourth-order valence-corrected chi connectivity index (χ4v) is 4.22. The Morgan fingerprint density at radius 1 is 0.683 bits per heavy atom. The number of carbonyl (C=O) groups excluding carboxylic acids is 4. The lowest BCUT2D eigenvalue weighted by Crippen LogP contribution is -2.57. The standard InChI is InChI=1S/C30H36N7O4/c31-26(38)24(18-20-10-3-1-4-11-20)36-28(40)23(16-9-17-34-30(32)33)35-29(41)25(19-21-12-5-2-6-13-21)37-27(39)22-14-7-8-15-22/h1-8,10-15,23-25H,9,16-19H2,(H2,31,38)(H,35,41)(H,36,40)(H,37,39)(H4,32,33,34)/t23-,24-,25-/m0/s1. The molecule has 9 N–H and O–H groups in total. The lowest BCUT2D eigenvalue weighted by molar-refractivity contribution is -0.133. The van der Waals surface area contributed by atoms with Gasteiger partial charge < -0.3 is 33.2 Å². The van der Waals surface area contributed by atoms with E-state index in [0.717, 1.165) is 11.1 Å².